The zero-order valence-corrected chi connectivity index (χ0v) is 41.1. The van der Waals surface area contributed by atoms with E-state index in [1.54, 1.807) is 27.7 Å². The van der Waals surface area contributed by atoms with E-state index in [-0.39, 0.29) is 12.5 Å². The lowest BCUT2D eigenvalue weighted by Gasteiger charge is -2.50. The van der Waals surface area contributed by atoms with Gasteiger partial charge in [-0.3, -0.25) is 9.59 Å². The van der Waals surface area contributed by atoms with Crippen LogP contribution >= 0.6 is 0 Å². The summed E-state index contributed by atoms with van der Waals surface area (Å²) in [6, 6.07) is 0. The maximum absolute atomic E-state index is 13.9. The van der Waals surface area contributed by atoms with Gasteiger partial charge in [0.1, 0.15) is 61.0 Å². The van der Waals surface area contributed by atoms with Crippen molar-refractivity contribution >= 4 is 17.9 Å². The smallest absolute Gasteiger partial charge is 0.330 e. The maximum Gasteiger partial charge on any atom is 0.330 e. The predicted octanol–water partition coefficient (Wildman–Crippen LogP) is 1.72. The zero-order chi connectivity index (χ0) is 50.5. The first kappa shape index (κ1) is 57.5. The summed E-state index contributed by atoms with van der Waals surface area (Å²) in [6.45, 7) is 10.8. The minimum atomic E-state index is -1.92. The van der Waals surface area contributed by atoms with Crippen LogP contribution in [0.3, 0.4) is 0 Å². The van der Waals surface area contributed by atoms with E-state index in [4.69, 9.17) is 52.1 Å². The average Bonchev–Trinajstić information content (AvgIpc) is 3.31. The molecule has 22 atom stereocenters. The van der Waals surface area contributed by atoms with Crippen molar-refractivity contribution in [3.05, 3.63) is 12.2 Å². The van der Waals surface area contributed by atoms with Crippen molar-refractivity contribution in [1.82, 2.24) is 0 Å². The van der Waals surface area contributed by atoms with Crippen molar-refractivity contribution in [2.24, 2.45) is 5.92 Å². The number of carbonyl (C=O) groups is 3. The van der Waals surface area contributed by atoms with Crippen LogP contribution in [0, 0.1) is 5.92 Å². The third kappa shape index (κ3) is 15.1. The second kappa shape index (κ2) is 27.6. The highest BCUT2D eigenvalue weighted by Crippen LogP contribution is 2.38. The Morgan fingerprint density at radius 3 is 1.96 bits per heavy atom. The third-order valence-corrected chi connectivity index (χ3v) is 13.7. The number of rotatable bonds is 12. The summed E-state index contributed by atoms with van der Waals surface area (Å²) in [5, 5.41) is 78.5. The lowest BCUT2D eigenvalue weighted by atomic mass is 9.95. The van der Waals surface area contributed by atoms with E-state index < -0.39 is 153 Å². The number of aliphatic hydroxyl groups excluding tert-OH is 7. The van der Waals surface area contributed by atoms with Crippen LogP contribution in [0.2, 0.25) is 0 Å². The molecule has 2 bridgehead atoms. The molecule has 0 saturated carbocycles. The van der Waals surface area contributed by atoms with Gasteiger partial charge in [-0.15, -0.1) is 0 Å². The normalized spacial score (nSPS) is 42.8. The molecule has 5 saturated heterocycles. The first-order chi connectivity index (χ1) is 32.9. The minimum absolute atomic E-state index is 0.0455. The van der Waals surface area contributed by atoms with Gasteiger partial charge < -0.3 is 87.9 Å². The van der Waals surface area contributed by atoms with Gasteiger partial charge in [0.05, 0.1) is 36.9 Å². The molecule has 5 rings (SSSR count). The summed E-state index contributed by atoms with van der Waals surface area (Å²) in [4.78, 5) is 40.0. The van der Waals surface area contributed by atoms with Gasteiger partial charge in [-0.25, -0.2) is 4.79 Å². The number of aliphatic hydroxyl groups is 7. The number of ether oxygens (including phenoxy) is 11. The Bertz CT molecular complexity index is 1600. The van der Waals surface area contributed by atoms with Crippen molar-refractivity contribution < 1.29 is 102 Å². The van der Waals surface area contributed by atoms with Gasteiger partial charge in [-0.1, -0.05) is 78.2 Å². The molecule has 5 heterocycles. The Balaban J connectivity index is 1.55. The van der Waals surface area contributed by atoms with Crippen molar-refractivity contribution in [2.75, 3.05) is 6.61 Å². The topological polar surface area (TPSA) is 294 Å². The molecule has 0 radical (unpaired) electrons. The summed E-state index contributed by atoms with van der Waals surface area (Å²) < 4.78 is 67.9. The number of unbranched alkanes of at least 4 members (excludes halogenated alkanes) is 2. The van der Waals surface area contributed by atoms with E-state index in [0.717, 1.165) is 51.0 Å². The molecule has 5 aliphatic rings. The second-order valence-corrected chi connectivity index (χ2v) is 19.1. The molecule has 7 N–H and O–H groups in total. The van der Waals surface area contributed by atoms with E-state index in [9.17, 15) is 50.1 Å². The molecular weight excluding hydrogens is 913 g/mol. The van der Waals surface area contributed by atoms with Crippen LogP contribution in [0.15, 0.2) is 12.2 Å². The largest absolute Gasteiger partial charge is 0.455 e. The summed E-state index contributed by atoms with van der Waals surface area (Å²) in [6.07, 6.45) is -19.5. The summed E-state index contributed by atoms with van der Waals surface area (Å²) in [7, 11) is 0. The highest BCUT2D eigenvalue weighted by atomic mass is 16.8. The van der Waals surface area contributed by atoms with E-state index >= 15 is 0 Å². The molecule has 69 heavy (non-hydrogen) atoms. The molecular formula is C48H80O21. The monoisotopic (exact) mass is 993 g/mol. The number of allylic oxidation sites excluding steroid dienone is 1. The quantitative estimate of drug-likeness (QED) is 0.0634. The number of carbonyl (C=O) groups excluding carboxylic acids is 3. The van der Waals surface area contributed by atoms with Gasteiger partial charge in [0.2, 0.25) is 0 Å². The number of esters is 3. The zero-order valence-electron chi connectivity index (χ0n) is 41.1. The van der Waals surface area contributed by atoms with Crippen LogP contribution in [0.4, 0.5) is 0 Å². The molecule has 0 spiro atoms. The van der Waals surface area contributed by atoms with Crippen LogP contribution in [0.1, 0.15) is 132 Å². The van der Waals surface area contributed by atoms with Gasteiger partial charge >= 0.3 is 17.9 Å². The van der Waals surface area contributed by atoms with Gasteiger partial charge in [-0.2, -0.15) is 0 Å². The lowest BCUT2D eigenvalue weighted by molar-refractivity contribution is -0.399. The Morgan fingerprint density at radius 1 is 0.667 bits per heavy atom. The fourth-order valence-corrected chi connectivity index (χ4v) is 9.22. The van der Waals surface area contributed by atoms with Gasteiger partial charge in [-0.05, 0) is 53.4 Å². The summed E-state index contributed by atoms with van der Waals surface area (Å²) in [5.41, 5.74) is 0. The Kier molecular flexibility index (Phi) is 22.9. The predicted molar refractivity (Wildman–Crippen MR) is 239 cm³/mol. The van der Waals surface area contributed by atoms with Crippen LogP contribution in [0.5, 0.6) is 0 Å². The Morgan fingerprint density at radius 2 is 1.29 bits per heavy atom. The molecule has 0 aromatic heterocycles. The van der Waals surface area contributed by atoms with Crippen LogP contribution in [-0.4, -0.2) is 189 Å². The highest BCUT2D eigenvalue weighted by Gasteiger charge is 2.57. The standard InChI is InChI=1S/C48H80O21/c1-8-11-16-20-28-21-17-14-12-13-15-18-22-31(51)65-42-39(67-45-37(57)36(56)38(26(6)60-45)64-30(50)19-9-2)27(7)61-48(43(42)66-44(58)24(4)10-3)69-41-35(55)33(53)29(23-49)63-47(41)68-40-34(54)32(52)25(5)59-46(40)62-28/h9,19,24-29,32-43,45-49,52-57H,8,10-18,20-23H2,1-7H3/b19-9-/t24?,25-,26-,27+,28+,29-,32-,33-,34+,35+,36-,37-,38-,39+,40-,41-,42-,43-,45+,46+,47+,48+/m1/s1. The summed E-state index contributed by atoms with van der Waals surface area (Å²) in [5.74, 6) is -2.96. The third-order valence-electron chi connectivity index (χ3n) is 13.7. The van der Waals surface area contributed by atoms with Gasteiger partial charge in [0.15, 0.2) is 43.5 Å². The number of fused-ring (bicyclic) bond motifs is 4. The van der Waals surface area contributed by atoms with Crippen LogP contribution in [0.25, 0.3) is 0 Å². The highest BCUT2D eigenvalue weighted by molar-refractivity contribution is 5.82. The van der Waals surface area contributed by atoms with E-state index in [1.807, 2.05) is 0 Å². The van der Waals surface area contributed by atoms with E-state index in [0.29, 0.717) is 32.1 Å². The van der Waals surface area contributed by atoms with E-state index in [1.165, 1.54) is 19.9 Å². The van der Waals surface area contributed by atoms with Crippen molar-refractivity contribution in [3.8, 4) is 0 Å². The van der Waals surface area contributed by atoms with Crippen molar-refractivity contribution in [2.45, 2.75) is 261 Å². The fraction of sp³-hybridized carbons (Fsp3) is 0.896. The molecule has 5 fully saturated rings. The molecule has 0 amide bonds. The van der Waals surface area contributed by atoms with E-state index in [2.05, 4.69) is 6.92 Å². The van der Waals surface area contributed by atoms with Crippen LogP contribution in [-0.2, 0) is 66.5 Å². The fourth-order valence-electron chi connectivity index (χ4n) is 9.22. The number of hydrogen-bond donors (Lipinski definition) is 7. The molecule has 5 aliphatic heterocycles. The Hall–Kier alpha value is -2.45. The molecule has 21 heteroatoms. The van der Waals surface area contributed by atoms with Crippen molar-refractivity contribution in [3.63, 3.8) is 0 Å². The molecule has 398 valence electrons. The molecule has 0 aliphatic carbocycles. The van der Waals surface area contributed by atoms with Crippen LogP contribution < -0.4 is 0 Å². The maximum atomic E-state index is 13.9. The second-order valence-electron chi connectivity index (χ2n) is 19.1. The SMILES string of the molecule is C/C=C\C(=O)O[C@H]1[C@H](O)[C@@H](O)[C@H](O[C@@H]2[C@H]3OC(=O)CCCCCCCC[C@H](CCCCC)O[C@@H]4O[C@H](C)[C@@H](O)[C@H](O)[C@H]4O[C@@H]4O[C@H](CO)[C@@H](O)[C@H](O)[C@H]4O[C@H](O[C@H]2C)[C@@H]3OC(=O)C(C)CC)O[C@@H]1C. The summed E-state index contributed by atoms with van der Waals surface area (Å²) >= 11 is 0. The minimum Gasteiger partial charge on any atom is -0.455 e. The molecule has 0 aromatic rings. The number of hydrogen-bond acceptors (Lipinski definition) is 21. The van der Waals surface area contributed by atoms with Gasteiger partial charge in [0.25, 0.3) is 0 Å². The molecule has 21 nitrogen and oxygen atoms in total. The first-order valence-electron chi connectivity index (χ1n) is 25.1. The lowest BCUT2D eigenvalue weighted by Crippen LogP contribution is -2.68. The first-order valence-corrected chi connectivity index (χ1v) is 25.1. The average molecular weight is 993 g/mol. The van der Waals surface area contributed by atoms with Gasteiger partial charge in [0, 0.05) is 12.5 Å². The molecule has 1 unspecified atom stereocenters. The van der Waals surface area contributed by atoms with Crippen molar-refractivity contribution in [1.29, 1.82) is 0 Å². The molecule has 0 aromatic carbocycles. The Labute approximate surface area is 404 Å².